The lowest BCUT2D eigenvalue weighted by Gasteiger charge is -2.39. The van der Waals surface area contributed by atoms with Gasteiger partial charge in [-0.2, -0.15) is 0 Å². The van der Waals surface area contributed by atoms with Crippen molar-refractivity contribution in [2.45, 2.75) is 45.2 Å². The predicted molar refractivity (Wildman–Crippen MR) is 80.5 cm³/mol. The predicted octanol–water partition coefficient (Wildman–Crippen LogP) is 2.54. The molecule has 1 aliphatic rings. The van der Waals surface area contributed by atoms with E-state index in [1.807, 2.05) is 0 Å². The van der Waals surface area contributed by atoms with Crippen molar-refractivity contribution >= 4 is 5.69 Å². The van der Waals surface area contributed by atoms with E-state index < -0.39 is 0 Å². The molecule has 1 aromatic carbocycles. The molecule has 3 heteroatoms. The minimum atomic E-state index is 0.232. The van der Waals surface area contributed by atoms with Gasteiger partial charge in [0.15, 0.2) is 0 Å². The van der Waals surface area contributed by atoms with Gasteiger partial charge in [-0.3, -0.25) is 0 Å². The monoisotopic (exact) mass is 262 g/mol. The first-order valence-electron chi connectivity index (χ1n) is 7.52. The largest absolute Gasteiger partial charge is 0.395 e. The second kappa shape index (κ2) is 7.51. The second-order valence-electron chi connectivity index (χ2n) is 5.34. The van der Waals surface area contributed by atoms with Crippen LogP contribution in [0.25, 0.3) is 0 Å². The lowest BCUT2D eigenvalue weighted by Crippen LogP contribution is -2.41. The van der Waals surface area contributed by atoms with E-state index in [2.05, 4.69) is 41.4 Å². The van der Waals surface area contributed by atoms with Crippen LogP contribution in [-0.2, 0) is 6.54 Å². The fourth-order valence-electron chi connectivity index (χ4n) is 2.54. The van der Waals surface area contributed by atoms with Gasteiger partial charge in [-0.05, 0) is 49.9 Å². The summed E-state index contributed by atoms with van der Waals surface area (Å²) in [6.07, 6.45) is 5.02. The number of hydrogen-bond donors (Lipinski definition) is 2. The Balaban J connectivity index is 1.94. The Morgan fingerprint density at radius 1 is 1.26 bits per heavy atom. The Hall–Kier alpha value is -1.06. The van der Waals surface area contributed by atoms with Crippen LogP contribution in [-0.4, -0.2) is 30.8 Å². The van der Waals surface area contributed by atoms with Crippen LogP contribution >= 0.6 is 0 Å². The van der Waals surface area contributed by atoms with Gasteiger partial charge in [0.1, 0.15) is 0 Å². The number of nitrogens with zero attached hydrogens (tertiary/aromatic N) is 1. The summed E-state index contributed by atoms with van der Waals surface area (Å²) in [6.45, 7) is 5.17. The topological polar surface area (TPSA) is 35.5 Å². The summed E-state index contributed by atoms with van der Waals surface area (Å²) in [6, 6.07) is 9.41. The third kappa shape index (κ3) is 3.95. The minimum Gasteiger partial charge on any atom is -0.395 e. The molecular weight excluding hydrogens is 236 g/mol. The average Bonchev–Trinajstić information content (AvgIpc) is 2.37. The highest BCUT2D eigenvalue weighted by atomic mass is 16.3. The van der Waals surface area contributed by atoms with E-state index in [0.717, 1.165) is 19.6 Å². The van der Waals surface area contributed by atoms with Crippen LogP contribution in [0.5, 0.6) is 0 Å². The minimum absolute atomic E-state index is 0.232. The number of hydrogen-bond acceptors (Lipinski definition) is 3. The molecule has 1 aromatic rings. The van der Waals surface area contributed by atoms with Gasteiger partial charge >= 0.3 is 0 Å². The normalized spacial score (nSPS) is 15.3. The van der Waals surface area contributed by atoms with Crippen molar-refractivity contribution in [1.29, 1.82) is 0 Å². The van der Waals surface area contributed by atoms with Crippen LogP contribution in [0.1, 0.15) is 38.2 Å². The van der Waals surface area contributed by atoms with Crippen LogP contribution in [0.3, 0.4) is 0 Å². The number of aliphatic hydroxyl groups excluding tert-OH is 1. The lowest BCUT2D eigenvalue weighted by atomic mass is 9.91. The van der Waals surface area contributed by atoms with E-state index in [1.165, 1.54) is 36.9 Å². The van der Waals surface area contributed by atoms with Gasteiger partial charge in [0, 0.05) is 24.8 Å². The third-order valence-corrected chi connectivity index (χ3v) is 3.88. The molecule has 106 valence electrons. The van der Waals surface area contributed by atoms with E-state index in [-0.39, 0.29) is 6.61 Å². The Labute approximate surface area is 116 Å². The number of anilines is 1. The first-order chi connectivity index (χ1) is 9.35. The fourth-order valence-corrected chi connectivity index (χ4v) is 2.54. The summed E-state index contributed by atoms with van der Waals surface area (Å²) in [7, 11) is 0. The molecule has 1 aliphatic carbocycles. The number of aliphatic hydroxyl groups is 1. The highest BCUT2D eigenvalue weighted by molar-refractivity contribution is 5.49. The van der Waals surface area contributed by atoms with Crippen LogP contribution in [0.4, 0.5) is 5.69 Å². The van der Waals surface area contributed by atoms with Crippen molar-refractivity contribution in [3.05, 3.63) is 29.8 Å². The zero-order valence-electron chi connectivity index (χ0n) is 11.9. The van der Waals surface area contributed by atoms with Gasteiger partial charge in [0.25, 0.3) is 0 Å². The van der Waals surface area contributed by atoms with Gasteiger partial charge in [-0.15, -0.1) is 0 Å². The first-order valence-corrected chi connectivity index (χ1v) is 7.52. The standard InChI is InChI=1S/C16H26N2O/c1-2-10-17-13-14-6-8-16(9-7-14)18(11-12-19)15-4-3-5-15/h6-9,15,17,19H,2-5,10-13H2,1H3. The van der Waals surface area contributed by atoms with E-state index >= 15 is 0 Å². The van der Waals surface area contributed by atoms with Crippen molar-refractivity contribution in [3.8, 4) is 0 Å². The molecule has 0 heterocycles. The van der Waals surface area contributed by atoms with Crippen molar-refractivity contribution in [2.24, 2.45) is 0 Å². The smallest absolute Gasteiger partial charge is 0.0606 e. The molecule has 0 aromatic heterocycles. The van der Waals surface area contributed by atoms with Crippen molar-refractivity contribution in [3.63, 3.8) is 0 Å². The molecule has 1 saturated carbocycles. The summed E-state index contributed by atoms with van der Waals surface area (Å²) < 4.78 is 0. The molecule has 0 radical (unpaired) electrons. The van der Waals surface area contributed by atoms with E-state index in [9.17, 15) is 5.11 Å². The third-order valence-electron chi connectivity index (χ3n) is 3.88. The van der Waals surface area contributed by atoms with Crippen molar-refractivity contribution < 1.29 is 5.11 Å². The average molecular weight is 262 g/mol. The SMILES string of the molecule is CCCNCc1ccc(N(CCO)C2CCC2)cc1. The molecule has 0 atom stereocenters. The summed E-state index contributed by atoms with van der Waals surface area (Å²) in [5.74, 6) is 0. The number of rotatable bonds is 8. The van der Waals surface area contributed by atoms with Gasteiger partial charge in [0.2, 0.25) is 0 Å². The van der Waals surface area contributed by atoms with Gasteiger partial charge in [-0.25, -0.2) is 0 Å². The summed E-state index contributed by atoms with van der Waals surface area (Å²) >= 11 is 0. The molecule has 2 N–H and O–H groups in total. The van der Waals surface area contributed by atoms with E-state index in [0.29, 0.717) is 6.04 Å². The van der Waals surface area contributed by atoms with Crippen LogP contribution in [0, 0.1) is 0 Å². The van der Waals surface area contributed by atoms with Crippen LogP contribution in [0.2, 0.25) is 0 Å². The highest BCUT2D eigenvalue weighted by Gasteiger charge is 2.24. The quantitative estimate of drug-likeness (QED) is 0.707. The molecule has 0 saturated heterocycles. The first kappa shape index (κ1) is 14.4. The molecule has 3 nitrogen and oxygen atoms in total. The molecule has 2 rings (SSSR count). The Bertz CT molecular complexity index is 360. The molecule has 0 unspecified atom stereocenters. The summed E-state index contributed by atoms with van der Waals surface area (Å²) in [4.78, 5) is 2.35. The molecule has 0 spiro atoms. The van der Waals surface area contributed by atoms with Crippen LogP contribution < -0.4 is 10.2 Å². The van der Waals surface area contributed by atoms with Crippen molar-refractivity contribution in [1.82, 2.24) is 5.32 Å². The van der Waals surface area contributed by atoms with E-state index in [4.69, 9.17) is 0 Å². The Morgan fingerprint density at radius 2 is 2.00 bits per heavy atom. The fraction of sp³-hybridized carbons (Fsp3) is 0.625. The summed E-state index contributed by atoms with van der Waals surface area (Å²) in [5, 5.41) is 12.6. The molecule has 1 fully saturated rings. The van der Waals surface area contributed by atoms with E-state index in [1.54, 1.807) is 0 Å². The van der Waals surface area contributed by atoms with Gasteiger partial charge in [-0.1, -0.05) is 19.1 Å². The summed E-state index contributed by atoms with van der Waals surface area (Å²) in [5.41, 5.74) is 2.58. The maximum atomic E-state index is 9.21. The molecule has 0 bridgehead atoms. The highest BCUT2D eigenvalue weighted by Crippen LogP contribution is 2.29. The van der Waals surface area contributed by atoms with Gasteiger partial charge < -0.3 is 15.3 Å². The van der Waals surface area contributed by atoms with Crippen molar-refractivity contribution in [2.75, 3.05) is 24.6 Å². The molecule has 0 amide bonds. The Morgan fingerprint density at radius 3 is 2.53 bits per heavy atom. The van der Waals surface area contributed by atoms with Gasteiger partial charge in [0.05, 0.1) is 6.61 Å². The maximum absolute atomic E-state index is 9.21. The maximum Gasteiger partial charge on any atom is 0.0606 e. The lowest BCUT2D eigenvalue weighted by molar-refractivity contribution is 0.283. The molecular formula is C16H26N2O. The zero-order valence-corrected chi connectivity index (χ0v) is 11.9. The second-order valence-corrected chi connectivity index (χ2v) is 5.34. The molecule has 19 heavy (non-hydrogen) atoms. The zero-order chi connectivity index (χ0) is 13.5. The van der Waals surface area contributed by atoms with Crippen LogP contribution in [0.15, 0.2) is 24.3 Å². The Kier molecular flexibility index (Phi) is 5.67. The number of benzene rings is 1. The molecule has 0 aliphatic heterocycles. The number of nitrogens with one attached hydrogen (secondary N) is 1.